The van der Waals surface area contributed by atoms with Gasteiger partial charge in [0.1, 0.15) is 36.7 Å². The first-order valence-corrected chi connectivity index (χ1v) is 11.8. The van der Waals surface area contributed by atoms with Crippen molar-refractivity contribution in [2.45, 2.75) is 31.4 Å². The molecule has 0 saturated carbocycles. The Morgan fingerprint density at radius 1 is 1.14 bits per heavy atom. The molecule has 35 heavy (non-hydrogen) atoms. The molecule has 1 heterocycles. The van der Waals surface area contributed by atoms with Crippen molar-refractivity contribution in [2.75, 3.05) is 7.11 Å². The van der Waals surface area contributed by atoms with E-state index in [-0.39, 0.29) is 12.3 Å². The van der Waals surface area contributed by atoms with Crippen molar-refractivity contribution in [2.24, 2.45) is 5.73 Å². The van der Waals surface area contributed by atoms with Crippen LogP contribution in [-0.2, 0) is 25.6 Å². The van der Waals surface area contributed by atoms with E-state index >= 15 is 0 Å². The van der Waals surface area contributed by atoms with Gasteiger partial charge in [0.25, 0.3) is 0 Å². The number of halogens is 2. The van der Waals surface area contributed by atoms with Crippen molar-refractivity contribution < 1.29 is 23.7 Å². The maximum absolute atomic E-state index is 11.7. The first-order valence-electron chi connectivity index (χ1n) is 11.0. The predicted molar refractivity (Wildman–Crippen MR) is 135 cm³/mol. The number of rotatable bonds is 8. The second-order valence-corrected chi connectivity index (χ2v) is 8.90. The summed E-state index contributed by atoms with van der Waals surface area (Å²) in [5, 5.41) is 1.02. The molecule has 2 N–H and O–H groups in total. The number of methoxy groups -OCH3 is 1. The van der Waals surface area contributed by atoms with E-state index in [0.717, 1.165) is 28.9 Å². The van der Waals surface area contributed by atoms with Gasteiger partial charge in [-0.1, -0.05) is 59.6 Å². The maximum atomic E-state index is 11.7. The smallest absolute Gasteiger partial charge is 0.323 e. The number of nitrogens with two attached hydrogens (primary N) is 1. The summed E-state index contributed by atoms with van der Waals surface area (Å²) in [5.74, 6) is 1.34. The lowest BCUT2D eigenvalue weighted by atomic mass is 9.84. The van der Waals surface area contributed by atoms with Crippen LogP contribution in [0.5, 0.6) is 5.75 Å². The third-order valence-electron chi connectivity index (χ3n) is 5.66. The summed E-state index contributed by atoms with van der Waals surface area (Å²) in [6, 6.07) is 12.6. The van der Waals surface area contributed by atoms with Gasteiger partial charge in [0, 0.05) is 17.9 Å². The molecule has 0 saturated heterocycles. The van der Waals surface area contributed by atoms with Gasteiger partial charge in [-0.25, -0.2) is 0 Å². The van der Waals surface area contributed by atoms with Gasteiger partial charge >= 0.3 is 5.97 Å². The Kier molecular flexibility index (Phi) is 8.18. The third kappa shape index (κ3) is 6.28. The maximum Gasteiger partial charge on any atom is 0.323 e. The summed E-state index contributed by atoms with van der Waals surface area (Å²) in [4.78, 5) is 11.7. The van der Waals surface area contributed by atoms with Gasteiger partial charge in [-0.3, -0.25) is 4.79 Å². The van der Waals surface area contributed by atoms with Gasteiger partial charge < -0.3 is 24.7 Å². The molecule has 0 amide bonds. The predicted octanol–water partition coefficient (Wildman–Crippen LogP) is 6.16. The number of carbonyl (C=O) groups excluding carboxylic acids is 1. The molecule has 2 aromatic rings. The number of allylic oxidation sites excluding steroid dienone is 4. The second kappa shape index (κ2) is 11.5. The Morgan fingerprint density at radius 2 is 1.94 bits per heavy atom. The van der Waals surface area contributed by atoms with Crippen LogP contribution in [0.4, 0.5) is 0 Å². The highest BCUT2D eigenvalue weighted by Crippen LogP contribution is 2.38. The summed E-state index contributed by atoms with van der Waals surface area (Å²) in [7, 11) is 1.30. The van der Waals surface area contributed by atoms with Crippen LogP contribution in [0.15, 0.2) is 90.3 Å². The molecule has 2 atom stereocenters. The largest absolute Gasteiger partial charge is 0.489 e. The first-order chi connectivity index (χ1) is 16.9. The minimum absolute atomic E-state index is 0.0626. The van der Waals surface area contributed by atoms with Gasteiger partial charge in [-0.15, -0.1) is 0 Å². The molecule has 0 bridgehead atoms. The normalized spacial score (nSPS) is 17.8. The van der Waals surface area contributed by atoms with E-state index in [1.807, 2.05) is 42.5 Å². The third-order valence-corrected chi connectivity index (χ3v) is 6.40. The summed E-state index contributed by atoms with van der Waals surface area (Å²) < 4.78 is 22.1. The van der Waals surface area contributed by atoms with E-state index in [9.17, 15) is 4.79 Å². The Hall–Kier alpha value is -3.19. The highest BCUT2D eigenvalue weighted by molar-refractivity contribution is 6.42. The summed E-state index contributed by atoms with van der Waals surface area (Å²) in [6.45, 7) is 0.383. The van der Waals surface area contributed by atoms with E-state index in [0.29, 0.717) is 28.2 Å². The Bertz CT molecular complexity index is 1200. The van der Waals surface area contributed by atoms with Gasteiger partial charge in [0.15, 0.2) is 5.76 Å². The van der Waals surface area contributed by atoms with Crippen LogP contribution in [0.2, 0.25) is 10.0 Å². The van der Waals surface area contributed by atoms with Crippen LogP contribution >= 0.6 is 23.2 Å². The molecule has 0 aromatic heterocycles. The lowest BCUT2D eigenvalue weighted by Gasteiger charge is -2.26. The molecular formula is C27H25Cl2NO5. The van der Waals surface area contributed by atoms with Crippen molar-refractivity contribution in [3.05, 3.63) is 111 Å². The molecule has 8 heteroatoms. The zero-order valence-corrected chi connectivity index (χ0v) is 20.6. The Labute approximate surface area is 214 Å². The summed E-state index contributed by atoms with van der Waals surface area (Å²) in [5.41, 5.74) is 8.88. The molecule has 0 radical (unpaired) electrons. The molecule has 182 valence electrons. The second-order valence-electron chi connectivity index (χ2n) is 8.08. The van der Waals surface area contributed by atoms with Crippen molar-refractivity contribution in [3.63, 3.8) is 0 Å². The zero-order chi connectivity index (χ0) is 24.8. The fraction of sp³-hybridized carbons (Fsp3) is 0.222. The summed E-state index contributed by atoms with van der Waals surface area (Å²) in [6.07, 6.45) is 10.1. The molecule has 0 fully saturated rings. The monoisotopic (exact) mass is 513 g/mol. The number of hydrogen-bond acceptors (Lipinski definition) is 6. The van der Waals surface area contributed by atoms with Crippen LogP contribution in [-0.4, -0.2) is 19.1 Å². The quantitative estimate of drug-likeness (QED) is 0.425. The molecule has 6 nitrogen and oxygen atoms in total. The molecule has 4 rings (SSSR count). The average molecular weight is 514 g/mol. The van der Waals surface area contributed by atoms with Crippen molar-refractivity contribution in [1.29, 1.82) is 0 Å². The van der Waals surface area contributed by atoms with E-state index in [1.165, 1.54) is 13.4 Å². The highest BCUT2D eigenvalue weighted by atomic mass is 35.5. The van der Waals surface area contributed by atoms with Gasteiger partial charge in [-0.05, 0) is 41.8 Å². The van der Waals surface area contributed by atoms with Crippen molar-refractivity contribution >= 4 is 29.2 Å². The molecule has 1 aliphatic heterocycles. The molecular weight excluding hydrogens is 489 g/mol. The van der Waals surface area contributed by atoms with Gasteiger partial charge in [0.05, 0.1) is 17.2 Å². The average Bonchev–Trinajstić information content (AvgIpc) is 2.89. The molecule has 2 aliphatic rings. The zero-order valence-electron chi connectivity index (χ0n) is 19.1. The fourth-order valence-corrected chi connectivity index (χ4v) is 4.14. The number of esters is 1. The van der Waals surface area contributed by atoms with E-state index < -0.39 is 12.0 Å². The molecule has 0 spiro atoms. The van der Waals surface area contributed by atoms with E-state index in [1.54, 1.807) is 18.4 Å². The highest BCUT2D eigenvalue weighted by Gasteiger charge is 2.26. The van der Waals surface area contributed by atoms with Crippen LogP contribution < -0.4 is 10.5 Å². The Morgan fingerprint density at radius 3 is 2.69 bits per heavy atom. The van der Waals surface area contributed by atoms with Crippen LogP contribution in [0.25, 0.3) is 0 Å². The van der Waals surface area contributed by atoms with Crippen molar-refractivity contribution in [1.82, 2.24) is 0 Å². The van der Waals surface area contributed by atoms with Gasteiger partial charge in [-0.2, -0.15) is 0 Å². The molecule has 2 aromatic carbocycles. The number of carbonyl (C=O) groups is 1. The van der Waals surface area contributed by atoms with Crippen LogP contribution in [0.1, 0.15) is 29.9 Å². The standard InChI is InChI=1S/C27H25Cl2NO5/c1-32-27(31)25(30)13-20-15-33-16-26(35-20)22-5-3-2-4-21(22)18-7-9-19(10-8-18)34-14-17-6-11-23(28)24(29)12-17/h2-3,5-12,15-16,21,25H,4,13-14,30H2,1H3/t21?,25-/m0/s1. The van der Waals surface area contributed by atoms with E-state index in [2.05, 4.69) is 10.8 Å². The molecule has 1 unspecified atom stereocenters. The molecule has 1 aliphatic carbocycles. The Balaban J connectivity index is 1.41. The lowest BCUT2D eigenvalue weighted by Crippen LogP contribution is -2.32. The fourth-order valence-electron chi connectivity index (χ4n) is 3.82. The number of ether oxygens (including phenoxy) is 4. The van der Waals surface area contributed by atoms with Gasteiger partial charge in [0.2, 0.25) is 0 Å². The first kappa shape index (κ1) is 24.9. The van der Waals surface area contributed by atoms with Crippen molar-refractivity contribution in [3.8, 4) is 5.75 Å². The number of hydrogen-bond donors (Lipinski definition) is 1. The SMILES string of the molecule is COC(=O)[C@@H](N)CC1=COC=C(C2=CC=CCC2c2ccc(OCc3ccc(Cl)c(Cl)c3)cc2)O1. The topological polar surface area (TPSA) is 80.0 Å². The van der Waals surface area contributed by atoms with E-state index in [4.69, 9.17) is 43.1 Å². The summed E-state index contributed by atoms with van der Waals surface area (Å²) >= 11 is 12.1. The number of benzene rings is 2. The van der Waals surface area contributed by atoms with Crippen LogP contribution in [0, 0.1) is 0 Å². The minimum atomic E-state index is -0.832. The van der Waals surface area contributed by atoms with Crippen LogP contribution in [0.3, 0.4) is 0 Å². The minimum Gasteiger partial charge on any atom is -0.489 e. The lowest BCUT2D eigenvalue weighted by molar-refractivity contribution is -0.142.